The maximum atomic E-state index is 13.1. The number of carbonyl (C=O) groups is 1. The fourth-order valence-electron chi connectivity index (χ4n) is 4.32. The Kier molecular flexibility index (Phi) is 6.00. The molecule has 3 rings (SSSR count). The van der Waals surface area contributed by atoms with Crippen LogP contribution in [0.3, 0.4) is 0 Å². The molecule has 0 saturated heterocycles. The van der Waals surface area contributed by atoms with Crippen LogP contribution in [0.1, 0.15) is 63.4 Å². The van der Waals surface area contributed by atoms with E-state index in [1.807, 2.05) is 36.2 Å². The molecule has 0 aliphatic heterocycles. The van der Waals surface area contributed by atoms with Gasteiger partial charge in [-0.05, 0) is 50.4 Å². The third-order valence-corrected chi connectivity index (χ3v) is 6.50. The van der Waals surface area contributed by atoms with Crippen LogP contribution >= 0.6 is 23.8 Å². The van der Waals surface area contributed by atoms with E-state index in [9.17, 15) is 4.79 Å². The summed E-state index contributed by atoms with van der Waals surface area (Å²) in [5.74, 6) is 0.224. The number of nitrogens with zero attached hydrogens (tertiary/aromatic N) is 1. The molecule has 2 fully saturated rings. The minimum absolute atomic E-state index is 0.224. The Labute approximate surface area is 161 Å². The summed E-state index contributed by atoms with van der Waals surface area (Å²) >= 11 is 12.2. The molecule has 0 bridgehead atoms. The molecule has 0 heterocycles. The summed E-state index contributed by atoms with van der Waals surface area (Å²) in [5.41, 5.74) is 0.145. The van der Waals surface area contributed by atoms with Crippen LogP contribution in [0.5, 0.6) is 0 Å². The zero-order valence-electron chi connectivity index (χ0n) is 14.9. The lowest BCUT2D eigenvalue weighted by molar-refractivity contribution is -0.131. The van der Waals surface area contributed by atoms with Gasteiger partial charge in [0.05, 0.1) is 0 Å². The van der Waals surface area contributed by atoms with Gasteiger partial charge in [-0.15, -0.1) is 0 Å². The Hall–Kier alpha value is -1.13. The van der Waals surface area contributed by atoms with Gasteiger partial charge in [-0.3, -0.25) is 4.79 Å². The molecule has 2 aliphatic carbocycles. The average molecular weight is 379 g/mol. The smallest absolute Gasteiger partial charge is 0.169 e. The fraction of sp³-hybridized carbons (Fsp3) is 0.600. The molecule has 0 radical (unpaired) electrons. The summed E-state index contributed by atoms with van der Waals surface area (Å²) in [4.78, 5) is 15.1. The number of Topliss-reactive ketones (excluding diaryl/α,β-unsaturated/α-hetero) is 1. The van der Waals surface area contributed by atoms with E-state index in [2.05, 4.69) is 5.32 Å². The zero-order chi connectivity index (χ0) is 17.9. The van der Waals surface area contributed by atoms with Gasteiger partial charge in [0.15, 0.2) is 10.9 Å². The van der Waals surface area contributed by atoms with Crippen molar-refractivity contribution in [2.24, 2.45) is 0 Å². The quantitative estimate of drug-likeness (QED) is 0.764. The number of carbonyl (C=O) groups excluding carboxylic acids is 1. The van der Waals surface area contributed by atoms with E-state index in [1.165, 1.54) is 19.3 Å². The predicted molar refractivity (Wildman–Crippen MR) is 107 cm³/mol. The molecule has 1 atom stereocenters. The van der Waals surface area contributed by atoms with Gasteiger partial charge in [0.25, 0.3) is 0 Å². The van der Waals surface area contributed by atoms with E-state index in [0.717, 1.165) is 37.7 Å². The predicted octanol–water partition coefficient (Wildman–Crippen LogP) is 4.82. The van der Waals surface area contributed by atoms with Crippen LogP contribution in [0, 0.1) is 0 Å². The highest BCUT2D eigenvalue weighted by molar-refractivity contribution is 7.80. The number of rotatable bonds is 3. The van der Waals surface area contributed by atoms with Crippen LogP contribution in [0.25, 0.3) is 0 Å². The molecule has 1 N–H and O–H groups in total. The second-order valence-corrected chi connectivity index (χ2v) is 8.11. The van der Waals surface area contributed by atoms with Crippen molar-refractivity contribution in [3.8, 4) is 0 Å². The molecule has 2 saturated carbocycles. The van der Waals surface area contributed by atoms with Crippen molar-refractivity contribution in [2.45, 2.75) is 69.4 Å². The minimum Gasteiger partial charge on any atom is -0.360 e. The maximum Gasteiger partial charge on any atom is 0.169 e. The number of hydrogen-bond acceptors (Lipinski definition) is 2. The Morgan fingerprint density at radius 2 is 1.92 bits per heavy atom. The molecule has 0 aromatic heterocycles. The van der Waals surface area contributed by atoms with Crippen molar-refractivity contribution in [2.75, 3.05) is 7.05 Å². The lowest BCUT2D eigenvalue weighted by Gasteiger charge is -2.45. The van der Waals surface area contributed by atoms with Crippen molar-refractivity contribution in [3.63, 3.8) is 0 Å². The van der Waals surface area contributed by atoms with Crippen LogP contribution in [0.15, 0.2) is 24.3 Å². The highest BCUT2D eigenvalue weighted by Crippen LogP contribution is 2.42. The van der Waals surface area contributed by atoms with E-state index in [1.54, 1.807) is 0 Å². The molecular formula is C20H27ClN2OS. The monoisotopic (exact) mass is 378 g/mol. The molecule has 0 spiro atoms. The summed E-state index contributed by atoms with van der Waals surface area (Å²) in [5, 5.41) is 4.82. The standard InChI is InChI=1S/C20H27ClN2OS/c1-23(19(25)22-15-9-3-2-4-10-15)20(14-8-7-13-18(20)24)16-11-5-6-12-17(16)21/h5-6,11-12,15H,2-4,7-10,13-14H2,1H3,(H,22,25)/t20-/m0/s1. The molecule has 136 valence electrons. The van der Waals surface area contributed by atoms with Crippen molar-refractivity contribution in [3.05, 3.63) is 34.9 Å². The molecule has 0 amide bonds. The molecular weight excluding hydrogens is 352 g/mol. The summed E-state index contributed by atoms with van der Waals surface area (Å²) in [6.07, 6.45) is 9.41. The van der Waals surface area contributed by atoms with Gasteiger partial charge >= 0.3 is 0 Å². The Morgan fingerprint density at radius 1 is 1.20 bits per heavy atom. The first-order valence-electron chi connectivity index (χ1n) is 9.38. The summed E-state index contributed by atoms with van der Waals surface area (Å²) in [6.45, 7) is 0. The van der Waals surface area contributed by atoms with Crippen molar-refractivity contribution < 1.29 is 4.79 Å². The van der Waals surface area contributed by atoms with Crippen molar-refractivity contribution in [1.29, 1.82) is 0 Å². The average Bonchev–Trinajstić information content (AvgIpc) is 2.63. The van der Waals surface area contributed by atoms with Crippen LogP contribution in [-0.4, -0.2) is 28.9 Å². The molecule has 25 heavy (non-hydrogen) atoms. The van der Waals surface area contributed by atoms with Crippen LogP contribution in [-0.2, 0) is 10.3 Å². The second-order valence-electron chi connectivity index (χ2n) is 7.31. The Morgan fingerprint density at radius 3 is 2.60 bits per heavy atom. The Bertz CT molecular complexity index is 644. The molecule has 2 aliphatic rings. The van der Waals surface area contributed by atoms with Gasteiger partial charge in [0, 0.05) is 30.1 Å². The number of benzene rings is 1. The summed E-state index contributed by atoms with van der Waals surface area (Å²) in [7, 11) is 1.95. The number of likely N-dealkylation sites (N-methyl/N-ethyl adjacent to an activating group) is 1. The van der Waals surface area contributed by atoms with E-state index < -0.39 is 5.54 Å². The fourth-order valence-corrected chi connectivity index (χ4v) is 4.94. The molecule has 0 unspecified atom stereocenters. The van der Waals surface area contributed by atoms with Crippen LogP contribution in [0.2, 0.25) is 5.02 Å². The summed E-state index contributed by atoms with van der Waals surface area (Å²) < 4.78 is 0. The normalized spacial score (nSPS) is 24.8. The van der Waals surface area contributed by atoms with Gasteiger partial charge in [-0.2, -0.15) is 0 Å². The number of hydrogen-bond donors (Lipinski definition) is 1. The SMILES string of the molecule is CN(C(=S)NC1CCCCC1)[C@]1(c2ccccc2Cl)CCCCC1=O. The summed E-state index contributed by atoms with van der Waals surface area (Å²) in [6, 6.07) is 8.13. The third-order valence-electron chi connectivity index (χ3n) is 5.78. The van der Waals surface area contributed by atoms with Crippen molar-refractivity contribution >= 4 is 34.7 Å². The second kappa shape index (κ2) is 8.05. The van der Waals surface area contributed by atoms with Crippen LogP contribution in [0.4, 0.5) is 0 Å². The maximum absolute atomic E-state index is 13.1. The van der Waals surface area contributed by atoms with E-state index in [-0.39, 0.29) is 5.78 Å². The minimum atomic E-state index is -0.741. The zero-order valence-corrected chi connectivity index (χ0v) is 16.5. The van der Waals surface area contributed by atoms with Gasteiger partial charge in [0.2, 0.25) is 0 Å². The topological polar surface area (TPSA) is 32.3 Å². The Balaban J connectivity index is 1.90. The molecule has 1 aromatic rings. The number of halogens is 1. The van der Waals surface area contributed by atoms with Gasteiger partial charge in [0.1, 0.15) is 5.54 Å². The van der Waals surface area contributed by atoms with E-state index in [0.29, 0.717) is 22.6 Å². The highest BCUT2D eigenvalue weighted by atomic mass is 35.5. The molecule has 3 nitrogen and oxygen atoms in total. The molecule has 1 aromatic carbocycles. The first-order chi connectivity index (χ1) is 12.1. The highest BCUT2D eigenvalue weighted by Gasteiger charge is 2.47. The van der Waals surface area contributed by atoms with Gasteiger partial charge in [-0.25, -0.2) is 0 Å². The first kappa shape index (κ1) is 18.7. The largest absolute Gasteiger partial charge is 0.360 e. The number of ketones is 1. The van der Waals surface area contributed by atoms with Crippen LogP contribution < -0.4 is 5.32 Å². The number of thiocarbonyl (C=S) groups is 1. The third kappa shape index (κ3) is 3.70. The lowest BCUT2D eigenvalue weighted by Crippen LogP contribution is -2.58. The number of nitrogens with one attached hydrogen (secondary N) is 1. The first-order valence-corrected chi connectivity index (χ1v) is 10.2. The van der Waals surface area contributed by atoms with E-state index in [4.69, 9.17) is 23.8 Å². The molecule has 5 heteroatoms. The van der Waals surface area contributed by atoms with E-state index >= 15 is 0 Å². The van der Waals surface area contributed by atoms with Crippen molar-refractivity contribution in [1.82, 2.24) is 10.2 Å². The van der Waals surface area contributed by atoms with Gasteiger partial charge in [-0.1, -0.05) is 49.1 Å². The lowest BCUT2D eigenvalue weighted by atomic mass is 9.74. The van der Waals surface area contributed by atoms with Gasteiger partial charge < -0.3 is 10.2 Å².